The zero-order valence-electron chi connectivity index (χ0n) is 10.8. The van der Waals surface area contributed by atoms with Gasteiger partial charge in [0.05, 0.1) is 16.9 Å². The molecule has 0 unspecified atom stereocenters. The van der Waals surface area contributed by atoms with E-state index in [0.29, 0.717) is 4.88 Å². The number of hydrogen-bond donors (Lipinski definition) is 2. The van der Waals surface area contributed by atoms with Crippen molar-refractivity contribution in [3.05, 3.63) is 52.6 Å². The molecule has 0 radical (unpaired) electrons. The van der Waals surface area contributed by atoms with Crippen LogP contribution in [0.1, 0.15) is 15.4 Å². The number of nitrogens with one attached hydrogen (secondary N) is 2. The fourth-order valence-electron chi connectivity index (χ4n) is 1.86. The molecule has 2 N–H and O–H groups in total. The van der Waals surface area contributed by atoms with Gasteiger partial charge < -0.3 is 5.32 Å². The van der Waals surface area contributed by atoms with Crippen LogP contribution in [0.3, 0.4) is 0 Å². The molecule has 0 saturated heterocycles. The van der Waals surface area contributed by atoms with Crippen LogP contribution in [0.5, 0.6) is 0 Å². The van der Waals surface area contributed by atoms with Gasteiger partial charge in [-0.2, -0.15) is 5.10 Å². The lowest BCUT2D eigenvalue weighted by Gasteiger charge is -2.05. The van der Waals surface area contributed by atoms with E-state index in [1.807, 2.05) is 37.3 Å². The van der Waals surface area contributed by atoms with E-state index in [1.165, 1.54) is 11.3 Å². The first-order valence-electron chi connectivity index (χ1n) is 6.05. The lowest BCUT2D eigenvalue weighted by atomic mass is 10.1. The number of aromatic amines is 1. The van der Waals surface area contributed by atoms with Crippen molar-refractivity contribution in [3.8, 4) is 11.3 Å². The predicted molar refractivity (Wildman–Crippen MR) is 78.8 cm³/mol. The molecule has 1 aromatic carbocycles. The van der Waals surface area contributed by atoms with Crippen LogP contribution >= 0.6 is 11.3 Å². The highest BCUT2D eigenvalue weighted by Gasteiger charge is 2.11. The number of benzene rings is 1. The van der Waals surface area contributed by atoms with Gasteiger partial charge in [0.1, 0.15) is 4.88 Å². The second-order valence-corrected chi connectivity index (χ2v) is 5.12. The molecule has 0 atom stereocenters. The average molecular weight is 284 g/mol. The van der Waals surface area contributed by atoms with Gasteiger partial charge >= 0.3 is 0 Å². The minimum atomic E-state index is -0.126. The zero-order valence-corrected chi connectivity index (χ0v) is 11.6. The highest BCUT2D eigenvalue weighted by molar-refractivity contribution is 7.12. The van der Waals surface area contributed by atoms with Crippen molar-refractivity contribution < 1.29 is 4.79 Å². The molecule has 2 aromatic heterocycles. The molecule has 2 heterocycles. The van der Waals surface area contributed by atoms with E-state index in [1.54, 1.807) is 11.7 Å². The van der Waals surface area contributed by atoms with E-state index in [4.69, 9.17) is 0 Å². The molecular weight excluding hydrogens is 272 g/mol. The number of amides is 1. The lowest BCUT2D eigenvalue weighted by Crippen LogP contribution is -2.11. The number of nitrogens with zero attached hydrogens (tertiary/aromatic N) is 2. The Kier molecular flexibility index (Phi) is 3.30. The second kappa shape index (κ2) is 5.26. The van der Waals surface area contributed by atoms with Gasteiger partial charge in [0.15, 0.2) is 0 Å². The molecule has 3 aromatic rings. The second-order valence-electron chi connectivity index (χ2n) is 4.27. The highest BCUT2D eigenvalue weighted by atomic mass is 32.1. The number of aryl methyl sites for hydroxylation is 1. The van der Waals surface area contributed by atoms with E-state index >= 15 is 0 Å². The van der Waals surface area contributed by atoms with E-state index in [2.05, 4.69) is 20.5 Å². The third-order valence-corrected chi connectivity index (χ3v) is 3.83. The smallest absolute Gasteiger partial charge is 0.267 e. The Balaban J connectivity index is 1.76. The maximum absolute atomic E-state index is 12.1. The van der Waals surface area contributed by atoms with Crippen LogP contribution < -0.4 is 5.32 Å². The Hall–Kier alpha value is -2.47. The number of H-pyrrole nitrogens is 1. The third-order valence-electron chi connectivity index (χ3n) is 2.91. The van der Waals surface area contributed by atoms with Crippen molar-refractivity contribution in [2.24, 2.45) is 0 Å². The average Bonchev–Trinajstić information content (AvgIpc) is 3.10. The van der Waals surface area contributed by atoms with Gasteiger partial charge in [-0.3, -0.25) is 9.89 Å². The van der Waals surface area contributed by atoms with Crippen molar-refractivity contribution >= 4 is 22.9 Å². The molecule has 20 heavy (non-hydrogen) atoms. The summed E-state index contributed by atoms with van der Waals surface area (Å²) >= 11 is 1.34. The van der Waals surface area contributed by atoms with Crippen molar-refractivity contribution in [1.82, 2.24) is 15.2 Å². The molecule has 0 aliphatic heterocycles. The van der Waals surface area contributed by atoms with E-state index < -0.39 is 0 Å². The first kappa shape index (κ1) is 12.6. The summed E-state index contributed by atoms with van der Waals surface area (Å²) in [6, 6.07) is 9.49. The highest BCUT2D eigenvalue weighted by Crippen LogP contribution is 2.20. The monoisotopic (exact) mass is 284 g/mol. The number of rotatable bonds is 3. The summed E-state index contributed by atoms with van der Waals surface area (Å²) in [6.45, 7) is 1.83. The molecule has 0 bridgehead atoms. The molecule has 6 heteroatoms. The van der Waals surface area contributed by atoms with Crippen molar-refractivity contribution in [2.45, 2.75) is 6.92 Å². The standard InChI is InChI=1S/C14H12N4OS/c1-9-13(20-8-15-9)14(19)17-11-4-2-10(3-5-11)12-6-7-16-18-12/h2-8H,1H3,(H,16,18)(H,17,19). The Morgan fingerprint density at radius 1 is 1.25 bits per heavy atom. The van der Waals surface area contributed by atoms with Crippen molar-refractivity contribution in [1.29, 1.82) is 0 Å². The van der Waals surface area contributed by atoms with Crippen molar-refractivity contribution in [2.75, 3.05) is 5.32 Å². The molecule has 0 spiro atoms. The van der Waals surface area contributed by atoms with E-state index in [-0.39, 0.29) is 5.91 Å². The molecule has 5 nitrogen and oxygen atoms in total. The van der Waals surface area contributed by atoms with Crippen LogP contribution in [-0.4, -0.2) is 21.1 Å². The van der Waals surface area contributed by atoms with Gasteiger partial charge in [0, 0.05) is 11.9 Å². The molecule has 1 amide bonds. The van der Waals surface area contributed by atoms with Crippen LogP contribution in [-0.2, 0) is 0 Å². The van der Waals surface area contributed by atoms with Gasteiger partial charge in [0.2, 0.25) is 0 Å². The van der Waals surface area contributed by atoms with Gasteiger partial charge in [-0.15, -0.1) is 11.3 Å². The summed E-state index contributed by atoms with van der Waals surface area (Å²) in [7, 11) is 0. The third kappa shape index (κ3) is 2.46. The Morgan fingerprint density at radius 2 is 2.05 bits per heavy atom. The number of hydrogen-bond acceptors (Lipinski definition) is 4. The molecule has 0 fully saturated rings. The summed E-state index contributed by atoms with van der Waals surface area (Å²) in [5.74, 6) is -0.126. The SMILES string of the molecule is Cc1ncsc1C(=O)Nc1ccc(-c2ccn[nH]2)cc1. The molecule has 0 aliphatic carbocycles. The first-order valence-corrected chi connectivity index (χ1v) is 6.93. The predicted octanol–water partition coefficient (Wildman–Crippen LogP) is 3.09. The molecule has 100 valence electrons. The fourth-order valence-corrected chi connectivity index (χ4v) is 2.56. The quantitative estimate of drug-likeness (QED) is 0.776. The van der Waals surface area contributed by atoms with Gasteiger partial charge in [0.25, 0.3) is 5.91 Å². The van der Waals surface area contributed by atoms with Crippen LogP contribution in [0.4, 0.5) is 5.69 Å². The lowest BCUT2D eigenvalue weighted by molar-refractivity contribution is 0.103. The van der Waals surface area contributed by atoms with Crippen LogP contribution in [0.2, 0.25) is 0 Å². The summed E-state index contributed by atoms with van der Waals surface area (Å²) in [5, 5.41) is 9.68. The minimum absolute atomic E-state index is 0.126. The molecular formula is C14H12N4OS. The van der Waals surface area contributed by atoms with Gasteiger partial charge in [-0.1, -0.05) is 12.1 Å². The number of thiazole rings is 1. The zero-order chi connectivity index (χ0) is 13.9. The number of anilines is 1. The Labute approximate surface area is 119 Å². The Bertz CT molecular complexity index is 716. The van der Waals surface area contributed by atoms with Crippen LogP contribution in [0.25, 0.3) is 11.3 Å². The number of carbonyl (C=O) groups excluding carboxylic acids is 1. The first-order chi connectivity index (χ1) is 9.74. The molecule has 0 saturated carbocycles. The fraction of sp³-hybridized carbons (Fsp3) is 0.0714. The molecule has 3 rings (SSSR count). The summed E-state index contributed by atoms with van der Waals surface area (Å²) < 4.78 is 0. The minimum Gasteiger partial charge on any atom is -0.321 e. The summed E-state index contributed by atoms with van der Waals surface area (Å²) in [4.78, 5) is 16.8. The maximum Gasteiger partial charge on any atom is 0.267 e. The van der Waals surface area contributed by atoms with E-state index in [9.17, 15) is 4.79 Å². The van der Waals surface area contributed by atoms with E-state index in [0.717, 1.165) is 22.6 Å². The number of carbonyl (C=O) groups is 1. The van der Waals surface area contributed by atoms with Gasteiger partial charge in [-0.25, -0.2) is 4.98 Å². The summed E-state index contributed by atoms with van der Waals surface area (Å²) in [6.07, 6.45) is 1.71. The topological polar surface area (TPSA) is 70.7 Å². The van der Waals surface area contributed by atoms with Crippen LogP contribution in [0.15, 0.2) is 42.0 Å². The number of aromatic nitrogens is 3. The maximum atomic E-state index is 12.1. The van der Waals surface area contributed by atoms with Gasteiger partial charge in [-0.05, 0) is 30.7 Å². The van der Waals surface area contributed by atoms with Crippen LogP contribution in [0, 0.1) is 6.92 Å². The summed E-state index contributed by atoms with van der Waals surface area (Å²) in [5.41, 5.74) is 5.15. The largest absolute Gasteiger partial charge is 0.321 e. The Morgan fingerprint density at radius 3 is 2.65 bits per heavy atom. The molecule has 0 aliphatic rings. The normalized spacial score (nSPS) is 10.4. The van der Waals surface area contributed by atoms with Crippen molar-refractivity contribution in [3.63, 3.8) is 0 Å².